The molecule has 2 nitrogen and oxygen atoms in total. The maximum Gasteiger partial charge on any atom is 0.0799 e. The molecule has 2 heteroatoms. The summed E-state index contributed by atoms with van der Waals surface area (Å²) in [5.74, 6) is 0. The molecule has 0 aliphatic rings. The van der Waals surface area contributed by atoms with E-state index in [1.54, 1.807) is 0 Å². The lowest BCUT2D eigenvalue weighted by atomic mass is 9.99. The van der Waals surface area contributed by atoms with Crippen molar-refractivity contribution in [3.05, 3.63) is 0 Å². The molecule has 2 atom stereocenters. The number of unbranched alkanes of at least 4 members (excludes halogenated alkanes) is 27. The van der Waals surface area contributed by atoms with Gasteiger partial charge in [-0.1, -0.05) is 200 Å². The van der Waals surface area contributed by atoms with Gasteiger partial charge in [0.15, 0.2) is 0 Å². The third-order valence-corrected chi connectivity index (χ3v) is 8.40. The molecule has 0 aromatic heterocycles. The van der Waals surface area contributed by atoms with Gasteiger partial charge in [-0.3, -0.25) is 0 Å². The second-order valence-corrected chi connectivity index (χ2v) is 12.3. The summed E-state index contributed by atoms with van der Waals surface area (Å²) in [6.45, 7) is 4.57. The van der Waals surface area contributed by atoms with Crippen LogP contribution in [0.5, 0.6) is 0 Å². The number of rotatable bonds is 32. The smallest absolute Gasteiger partial charge is 0.0799 e. The Bertz CT molecular complexity index is 397. The highest BCUT2D eigenvalue weighted by atomic mass is 16.3. The zero-order valence-corrected chi connectivity index (χ0v) is 26.0. The molecule has 0 amide bonds. The first-order valence-electron chi connectivity index (χ1n) is 17.6. The van der Waals surface area contributed by atoms with Crippen LogP contribution in [-0.2, 0) is 0 Å². The largest absolute Gasteiger partial charge is 0.390 e. The van der Waals surface area contributed by atoms with Crippen LogP contribution in [0.15, 0.2) is 0 Å². The van der Waals surface area contributed by atoms with Crippen LogP contribution in [0.4, 0.5) is 0 Å². The molecule has 0 aliphatic heterocycles. The summed E-state index contributed by atoms with van der Waals surface area (Å²) < 4.78 is 0. The van der Waals surface area contributed by atoms with Crippen molar-refractivity contribution in [1.29, 1.82) is 0 Å². The molecule has 0 saturated heterocycles. The summed E-state index contributed by atoms with van der Waals surface area (Å²) in [6, 6.07) is 0. The van der Waals surface area contributed by atoms with E-state index in [2.05, 4.69) is 13.8 Å². The summed E-state index contributed by atoms with van der Waals surface area (Å²) in [5, 5.41) is 20.5. The lowest BCUT2D eigenvalue weighted by Crippen LogP contribution is -2.25. The first kappa shape index (κ1) is 36.9. The molecule has 0 fully saturated rings. The third-order valence-electron chi connectivity index (χ3n) is 8.40. The van der Waals surface area contributed by atoms with E-state index >= 15 is 0 Å². The molecule has 0 heterocycles. The fourth-order valence-corrected chi connectivity index (χ4v) is 5.66. The Morgan fingerprint density at radius 2 is 0.432 bits per heavy atom. The summed E-state index contributed by atoms with van der Waals surface area (Å²) in [6.07, 6.45) is 40.0. The van der Waals surface area contributed by atoms with Crippen LogP contribution in [0.1, 0.15) is 213 Å². The van der Waals surface area contributed by atoms with Crippen LogP contribution in [0.25, 0.3) is 0 Å². The molecule has 0 aromatic carbocycles. The Hall–Kier alpha value is -0.0800. The van der Waals surface area contributed by atoms with Crippen molar-refractivity contribution >= 4 is 0 Å². The molecular formula is C35H72O2. The molecule has 2 unspecified atom stereocenters. The van der Waals surface area contributed by atoms with Crippen molar-refractivity contribution in [2.24, 2.45) is 0 Å². The molecule has 37 heavy (non-hydrogen) atoms. The van der Waals surface area contributed by atoms with Crippen LogP contribution in [0.2, 0.25) is 0 Å². The van der Waals surface area contributed by atoms with Crippen molar-refractivity contribution in [2.75, 3.05) is 0 Å². The predicted molar refractivity (Wildman–Crippen MR) is 166 cm³/mol. The molecule has 0 aliphatic carbocycles. The van der Waals surface area contributed by atoms with Crippen LogP contribution in [-0.4, -0.2) is 22.4 Å². The van der Waals surface area contributed by atoms with E-state index in [4.69, 9.17) is 0 Å². The van der Waals surface area contributed by atoms with Crippen LogP contribution in [0, 0.1) is 0 Å². The van der Waals surface area contributed by atoms with Gasteiger partial charge in [0.2, 0.25) is 0 Å². The van der Waals surface area contributed by atoms with Crippen molar-refractivity contribution in [3.63, 3.8) is 0 Å². The number of hydrogen-bond donors (Lipinski definition) is 2. The second kappa shape index (κ2) is 32.1. The molecule has 0 spiro atoms. The van der Waals surface area contributed by atoms with Gasteiger partial charge in [-0.2, -0.15) is 0 Å². The standard InChI is InChI=1S/C35H72O2/c1-3-5-7-9-11-13-15-17-19-21-23-25-27-29-31-33-35(37)34(36)32-30-28-26-24-22-20-18-16-14-12-10-8-6-4-2/h34-37H,3-33H2,1-2H3. The Labute approximate surface area is 235 Å². The maximum atomic E-state index is 10.3. The van der Waals surface area contributed by atoms with Gasteiger partial charge in [0.25, 0.3) is 0 Å². The molecule has 0 aromatic rings. The molecule has 224 valence electrons. The van der Waals surface area contributed by atoms with E-state index in [0.29, 0.717) is 0 Å². The van der Waals surface area contributed by atoms with E-state index in [0.717, 1.165) is 25.7 Å². The van der Waals surface area contributed by atoms with Gasteiger partial charge in [-0.15, -0.1) is 0 Å². The van der Waals surface area contributed by atoms with Crippen molar-refractivity contribution < 1.29 is 10.2 Å². The Kier molecular flexibility index (Phi) is 32.1. The fourth-order valence-electron chi connectivity index (χ4n) is 5.66. The molecule has 0 bridgehead atoms. The SMILES string of the molecule is CCCCCCCCCCCCCCCCCC(O)C(O)CCCCCCCCCCCCCCCC. The zero-order chi connectivity index (χ0) is 27.1. The minimum absolute atomic E-state index is 0.510. The highest BCUT2D eigenvalue weighted by Gasteiger charge is 2.15. The third kappa shape index (κ3) is 30.3. The van der Waals surface area contributed by atoms with E-state index < -0.39 is 12.2 Å². The lowest BCUT2D eigenvalue weighted by molar-refractivity contribution is 0.00711. The van der Waals surface area contributed by atoms with Gasteiger partial charge < -0.3 is 10.2 Å². The summed E-state index contributed by atoms with van der Waals surface area (Å²) in [7, 11) is 0. The molecule has 2 N–H and O–H groups in total. The number of hydrogen-bond acceptors (Lipinski definition) is 2. The second-order valence-electron chi connectivity index (χ2n) is 12.3. The number of aliphatic hydroxyl groups excluding tert-OH is 2. The Morgan fingerprint density at radius 3 is 0.622 bits per heavy atom. The highest BCUT2D eigenvalue weighted by Crippen LogP contribution is 2.17. The Balaban J connectivity index is 3.27. The topological polar surface area (TPSA) is 40.5 Å². The average molecular weight is 525 g/mol. The first-order chi connectivity index (χ1) is 18.2. The minimum atomic E-state index is -0.510. The summed E-state index contributed by atoms with van der Waals surface area (Å²) >= 11 is 0. The van der Waals surface area contributed by atoms with Crippen LogP contribution in [0.3, 0.4) is 0 Å². The van der Waals surface area contributed by atoms with Gasteiger partial charge in [0.1, 0.15) is 0 Å². The number of aliphatic hydroxyl groups is 2. The molecule has 0 radical (unpaired) electrons. The monoisotopic (exact) mass is 525 g/mol. The first-order valence-corrected chi connectivity index (χ1v) is 17.6. The quantitative estimate of drug-likeness (QED) is 0.0859. The summed E-state index contributed by atoms with van der Waals surface area (Å²) in [4.78, 5) is 0. The van der Waals surface area contributed by atoms with Gasteiger partial charge in [-0.05, 0) is 12.8 Å². The molecule has 0 saturated carbocycles. The molecular weight excluding hydrogens is 452 g/mol. The fraction of sp³-hybridized carbons (Fsp3) is 1.00. The van der Waals surface area contributed by atoms with Crippen molar-refractivity contribution in [2.45, 2.75) is 225 Å². The zero-order valence-electron chi connectivity index (χ0n) is 26.0. The Morgan fingerprint density at radius 1 is 0.270 bits per heavy atom. The van der Waals surface area contributed by atoms with E-state index in [-0.39, 0.29) is 0 Å². The van der Waals surface area contributed by atoms with E-state index in [1.165, 1.54) is 173 Å². The van der Waals surface area contributed by atoms with Crippen molar-refractivity contribution in [1.82, 2.24) is 0 Å². The van der Waals surface area contributed by atoms with Gasteiger partial charge in [0.05, 0.1) is 12.2 Å². The van der Waals surface area contributed by atoms with E-state index in [9.17, 15) is 10.2 Å². The minimum Gasteiger partial charge on any atom is -0.390 e. The average Bonchev–Trinajstić information content (AvgIpc) is 2.90. The highest BCUT2D eigenvalue weighted by molar-refractivity contribution is 4.67. The van der Waals surface area contributed by atoms with E-state index in [1.807, 2.05) is 0 Å². The van der Waals surface area contributed by atoms with Crippen LogP contribution >= 0.6 is 0 Å². The summed E-state index contributed by atoms with van der Waals surface area (Å²) in [5.41, 5.74) is 0. The van der Waals surface area contributed by atoms with Gasteiger partial charge in [-0.25, -0.2) is 0 Å². The lowest BCUT2D eigenvalue weighted by Gasteiger charge is -2.17. The molecule has 0 rings (SSSR count). The van der Waals surface area contributed by atoms with Gasteiger partial charge in [0, 0.05) is 0 Å². The van der Waals surface area contributed by atoms with Crippen LogP contribution < -0.4 is 0 Å². The maximum absolute atomic E-state index is 10.3. The normalized spacial score (nSPS) is 13.3. The van der Waals surface area contributed by atoms with Crippen molar-refractivity contribution in [3.8, 4) is 0 Å². The predicted octanol–water partition coefficient (Wildman–Crippen LogP) is 11.8. The van der Waals surface area contributed by atoms with Gasteiger partial charge >= 0.3 is 0 Å².